The van der Waals surface area contributed by atoms with Gasteiger partial charge in [0, 0.05) is 8.54 Å². The molecule has 0 aliphatic heterocycles. The summed E-state index contributed by atoms with van der Waals surface area (Å²) in [6.07, 6.45) is 1.14. The number of benzene rings is 1. The van der Waals surface area contributed by atoms with Gasteiger partial charge in [0.25, 0.3) is 0 Å². The molecule has 1 nitrogen and oxygen atoms in total. The van der Waals surface area contributed by atoms with E-state index in [-0.39, 0.29) is 1.43 Å². The molecule has 1 heteroatoms. The zero-order valence-corrected chi connectivity index (χ0v) is 7.46. The highest BCUT2D eigenvalue weighted by Gasteiger charge is 1.84. The summed E-state index contributed by atoms with van der Waals surface area (Å²) in [6.45, 7) is 4.28. The van der Waals surface area contributed by atoms with Crippen LogP contribution in [0, 0.1) is 6.92 Å². The Labute approximate surface area is 70.2 Å². The second-order valence-corrected chi connectivity index (χ2v) is 2.34. The molecule has 0 fully saturated rings. The van der Waals surface area contributed by atoms with Crippen molar-refractivity contribution in [1.29, 1.82) is 0 Å². The summed E-state index contributed by atoms with van der Waals surface area (Å²) in [4.78, 5) is 0. The molecule has 1 aromatic rings. The molecule has 0 aromatic heterocycles. The summed E-state index contributed by atoms with van der Waals surface area (Å²) in [5.74, 6) is 0. The van der Waals surface area contributed by atoms with Crippen molar-refractivity contribution in [2.24, 2.45) is 0 Å². The van der Waals surface area contributed by atoms with Crippen molar-refractivity contribution in [2.75, 3.05) is 7.11 Å². The minimum Gasteiger partial charge on any atom is -0.400 e. The predicted octanol–water partition coefficient (Wildman–Crippen LogP) is 2.41. The topological polar surface area (TPSA) is 20.2 Å². The maximum absolute atomic E-state index is 7.00. The minimum atomic E-state index is 0. The van der Waals surface area contributed by atoms with Crippen LogP contribution in [0.25, 0.3) is 0 Å². The van der Waals surface area contributed by atoms with E-state index < -0.39 is 0 Å². The fourth-order valence-corrected chi connectivity index (χ4v) is 0.824. The lowest BCUT2D eigenvalue weighted by atomic mass is 10.1. The molecular formula is C10H18O. The van der Waals surface area contributed by atoms with Gasteiger partial charge in [0.05, 0.1) is 0 Å². The second-order valence-electron chi connectivity index (χ2n) is 2.34. The number of hydrogen-bond donors (Lipinski definition) is 1. The van der Waals surface area contributed by atoms with E-state index >= 15 is 0 Å². The van der Waals surface area contributed by atoms with Crippen molar-refractivity contribution in [3.63, 3.8) is 0 Å². The van der Waals surface area contributed by atoms with Crippen molar-refractivity contribution in [3.8, 4) is 0 Å². The van der Waals surface area contributed by atoms with Gasteiger partial charge in [-0.25, -0.2) is 0 Å². The molecule has 1 N–H and O–H groups in total. The second kappa shape index (κ2) is 5.93. The van der Waals surface area contributed by atoms with Crippen LogP contribution in [0.3, 0.4) is 0 Å². The van der Waals surface area contributed by atoms with Gasteiger partial charge < -0.3 is 5.11 Å². The molecule has 64 valence electrons. The van der Waals surface area contributed by atoms with E-state index in [1.807, 2.05) is 0 Å². The normalized spacial score (nSPS) is 8.36. The molecule has 0 aliphatic rings. The first-order valence-electron chi connectivity index (χ1n) is 3.83. The van der Waals surface area contributed by atoms with Crippen molar-refractivity contribution < 1.29 is 6.53 Å². The van der Waals surface area contributed by atoms with Crippen LogP contribution in [0.4, 0.5) is 0 Å². The fraction of sp³-hybridized carbons (Fsp3) is 0.400. The zero-order chi connectivity index (χ0) is 8.69. The Hall–Kier alpha value is -0.820. The van der Waals surface area contributed by atoms with E-state index in [4.69, 9.17) is 5.11 Å². The number of aryl methyl sites for hydroxylation is 2. The average Bonchev–Trinajstić information content (AvgIpc) is 2.10. The highest BCUT2D eigenvalue weighted by Crippen LogP contribution is 2.02. The maximum atomic E-state index is 7.00. The fourth-order valence-electron chi connectivity index (χ4n) is 0.824. The molecule has 11 heavy (non-hydrogen) atoms. The van der Waals surface area contributed by atoms with Crippen LogP contribution in [0.2, 0.25) is 0 Å². The van der Waals surface area contributed by atoms with Crippen molar-refractivity contribution in [2.45, 2.75) is 20.3 Å². The zero-order valence-electron chi connectivity index (χ0n) is 7.46. The van der Waals surface area contributed by atoms with Crippen LogP contribution in [-0.2, 0) is 6.42 Å². The molecule has 0 atom stereocenters. The van der Waals surface area contributed by atoms with Crippen LogP contribution in [0.5, 0.6) is 0 Å². The molecule has 0 heterocycles. The van der Waals surface area contributed by atoms with Crippen molar-refractivity contribution in [1.82, 2.24) is 0 Å². The Kier molecular flexibility index (Phi) is 5.49. The Bertz CT molecular complexity index is 182. The van der Waals surface area contributed by atoms with Gasteiger partial charge in [0.2, 0.25) is 0 Å². The van der Waals surface area contributed by atoms with E-state index in [1.54, 1.807) is 0 Å². The monoisotopic (exact) mass is 154 g/mol. The molecule has 0 saturated heterocycles. The van der Waals surface area contributed by atoms with Crippen LogP contribution in [0.1, 0.15) is 19.5 Å². The summed E-state index contributed by atoms with van der Waals surface area (Å²) in [7, 11) is 1.00. The van der Waals surface area contributed by atoms with E-state index in [2.05, 4.69) is 38.1 Å². The Balaban J connectivity index is 0. The van der Waals surface area contributed by atoms with Gasteiger partial charge >= 0.3 is 0 Å². The van der Waals surface area contributed by atoms with Gasteiger partial charge in [0.15, 0.2) is 0 Å². The van der Waals surface area contributed by atoms with Gasteiger partial charge in [0.1, 0.15) is 0 Å². The van der Waals surface area contributed by atoms with Gasteiger partial charge in [-0.2, -0.15) is 0 Å². The highest BCUT2D eigenvalue weighted by atomic mass is 16.2. The van der Waals surface area contributed by atoms with E-state index in [1.165, 1.54) is 11.1 Å². The van der Waals surface area contributed by atoms with Crippen LogP contribution >= 0.6 is 0 Å². The quantitative estimate of drug-likeness (QED) is 0.658. The molecule has 1 aromatic carbocycles. The number of aliphatic hydroxyl groups excluding tert-OH is 1. The Morgan fingerprint density at radius 1 is 1.18 bits per heavy atom. The van der Waals surface area contributed by atoms with Crippen LogP contribution < -0.4 is 0 Å². The lowest BCUT2D eigenvalue weighted by Crippen LogP contribution is -1.77. The average molecular weight is 154 g/mol. The summed E-state index contributed by atoms with van der Waals surface area (Å²) < 4.78 is 0. The van der Waals surface area contributed by atoms with Gasteiger partial charge in [-0.1, -0.05) is 36.8 Å². The number of rotatable bonds is 1. The van der Waals surface area contributed by atoms with Gasteiger partial charge in [-0.3, -0.25) is 0 Å². The molecule has 0 bridgehead atoms. The Morgan fingerprint density at radius 2 is 1.64 bits per heavy atom. The summed E-state index contributed by atoms with van der Waals surface area (Å²) in [5, 5.41) is 7.00. The third-order valence-corrected chi connectivity index (χ3v) is 1.53. The first-order chi connectivity index (χ1) is 5.33. The van der Waals surface area contributed by atoms with E-state index in [0.717, 1.165) is 13.5 Å². The Morgan fingerprint density at radius 3 is 2.00 bits per heavy atom. The third-order valence-electron chi connectivity index (χ3n) is 1.53. The number of aliphatic hydroxyl groups is 1. The molecule has 0 amide bonds. The van der Waals surface area contributed by atoms with Gasteiger partial charge in [-0.15, -0.1) is 0 Å². The first-order valence-corrected chi connectivity index (χ1v) is 3.83. The van der Waals surface area contributed by atoms with Gasteiger partial charge in [-0.05, 0) is 18.9 Å². The summed E-state index contributed by atoms with van der Waals surface area (Å²) in [6, 6.07) is 8.66. The maximum Gasteiger partial charge on any atom is 0.0319 e. The van der Waals surface area contributed by atoms with Crippen LogP contribution in [-0.4, -0.2) is 12.2 Å². The molecule has 0 aliphatic carbocycles. The summed E-state index contributed by atoms with van der Waals surface area (Å²) in [5.41, 5.74) is 2.76. The standard InChI is InChI=1S/C9H12.CH4O.H2/c1-3-9-6-4-8(2)5-7-9;1-2;/h4-7H,3H2,1-2H3;2H,1H3;1H. The largest absolute Gasteiger partial charge is 0.400 e. The number of hydrogen-bond acceptors (Lipinski definition) is 1. The summed E-state index contributed by atoms with van der Waals surface area (Å²) >= 11 is 0. The minimum absolute atomic E-state index is 0. The lowest BCUT2D eigenvalue weighted by molar-refractivity contribution is 0.399. The van der Waals surface area contributed by atoms with E-state index in [0.29, 0.717) is 0 Å². The van der Waals surface area contributed by atoms with Crippen molar-refractivity contribution in [3.05, 3.63) is 35.4 Å². The highest BCUT2D eigenvalue weighted by molar-refractivity contribution is 5.20. The predicted molar refractivity (Wildman–Crippen MR) is 50.8 cm³/mol. The molecule has 0 spiro atoms. The lowest BCUT2D eigenvalue weighted by Gasteiger charge is -1.94. The van der Waals surface area contributed by atoms with Crippen LogP contribution in [0.15, 0.2) is 24.3 Å². The molecule has 1 rings (SSSR count). The molecular weight excluding hydrogens is 136 g/mol. The smallest absolute Gasteiger partial charge is 0.0319 e. The first kappa shape index (κ1) is 10.2. The third kappa shape index (κ3) is 3.79. The SMILES string of the molecule is CCc1ccc(C)cc1.CO.[HH]. The molecule has 0 saturated carbocycles. The van der Waals surface area contributed by atoms with E-state index in [9.17, 15) is 0 Å². The van der Waals surface area contributed by atoms with Crippen molar-refractivity contribution >= 4 is 0 Å². The molecule has 0 unspecified atom stereocenters. The molecule has 0 radical (unpaired) electrons.